The van der Waals surface area contributed by atoms with Crippen molar-refractivity contribution < 1.29 is 9.53 Å². The quantitative estimate of drug-likeness (QED) is 0.595. The summed E-state index contributed by atoms with van der Waals surface area (Å²) in [5.74, 6) is -0.268. The highest BCUT2D eigenvalue weighted by atomic mass is 16.6. The highest BCUT2D eigenvalue weighted by Gasteiger charge is 2.24. The molecule has 1 atom stereocenters. The number of nitrogens with two attached hydrogens (primary N) is 1. The van der Waals surface area contributed by atoms with Gasteiger partial charge in [0.2, 0.25) is 0 Å². The maximum atomic E-state index is 10.7. The van der Waals surface area contributed by atoms with E-state index in [2.05, 4.69) is 0 Å². The molecule has 1 rings (SSSR count). The summed E-state index contributed by atoms with van der Waals surface area (Å²) in [7, 11) is 0. The molecule has 0 radical (unpaired) electrons. The fourth-order valence-corrected chi connectivity index (χ4v) is 1.13. The minimum atomic E-state index is -0.505. The van der Waals surface area contributed by atoms with Crippen molar-refractivity contribution in [2.24, 2.45) is 5.73 Å². The van der Waals surface area contributed by atoms with E-state index in [1.807, 2.05) is 19.1 Å². The molecule has 0 aromatic rings. The lowest BCUT2D eigenvalue weighted by atomic mass is 9.96. The predicted molar refractivity (Wildman–Crippen MR) is 46.2 cm³/mol. The van der Waals surface area contributed by atoms with Crippen LogP contribution in [0.5, 0.6) is 0 Å². The maximum Gasteiger partial charge on any atom is 0.303 e. The SMILES string of the molecule is CC(=O)OC1(C)C=CC(N)=CC1. The van der Waals surface area contributed by atoms with E-state index < -0.39 is 5.60 Å². The van der Waals surface area contributed by atoms with Crippen LogP contribution < -0.4 is 5.73 Å². The van der Waals surface area contributed by atoms with Gasteiger partial charge in [-0.2, -0.15) is 0 Å². The minimum Gasteiger partial charge on any atom is -0.455 e. The number of allylic oxidation sites excluding steroid dienone is 1. The molecule has 0 aromatic heterocycles. The van der Waals surface area contributed by atoms with Gasteiger partial charge >= 0.3 is 5.97 Å². The summed E-state index contributed by atoms with van der Waals surface area (Å²) in [6, 6.07) is 0. The Labute approximate surface area is 71.9 Å². The van der Waals surface area contributed by atoms with Gasteiger partial charge in [-0.05, 0) is 19.1 Å². The van der Waals surface area contributed by atoms with Crippen LogP contribution in [-0.2, 0) is 9.53 Å². The Hall–Kier alpha value is -1.25. The summed E-state index contributed by atoms with van der Waals surface area (Å²) in [4.78, 5) is 10.7. The number of hydrogen-bond donors (Lipinski definition) is 1. The summed E-state index contributed by atoms with van der Waals surface area (Å²) in [5, 5.41) is 0. The number of esters is 1. The molecular weight excluding hydrogens is 154 g/mol. The Kier molecular flexibility index (Phi) is 2.22. The van der Waals surface area contributed by atoms with E-state index in [1.165, 1.54) is 6.92 Å². The van der Waals surface area contributed by atoms with E-state index in [-0.39, 0.29) is 5.97 Å². The van der Waals surface area contributed by atoms with Crippen molar-refractivity contribution in [3.63, 3.8) is 0 Å². The molecule has 66 valence electrons. The maximum absolute atomic E-state index is 10.7. The highest BCUT2D eigenvalue weighted by molar-refractivity contribution is 5.67. The zero-order valence-electron chi connectivity index (χ0n) is 7.33. The first-order valence-corrected chi connectivity index (χ1v) is 3.86. The first-order chi connectivity index (χ1) is 5.52. The molecule has 0 saturated carbocycles. The molecule has 2 N–H and O–H groups in total. The molecule has 0 saturated heterocycles. The lowest BCUT2D eigenvalue weighted by Crippen LogP contribution is -2.29. The molecule has 0 heterocycles. The van der Waals surface area contributed by atoms with Crippen molar-refractivity contribution in [3.8, 4) is 0 Å². The molecule has 0 fully saturated rings. The van der Waals surface area contributed by atoms with Crippen LogP contribution in [0.3, 0.4) is 0 Å². The van der Waals surface area contributed by atoms with Crippen molar-refractivity contribution >= 4 is 5.97 Å². The topological polar surface area (TPSA) is 52.3 Å². The van der Waals surface area contributed by atoms with Crippen molar-refractivity contribution in [1.82, 2.24) is 0 Å². The van der Waals surface area contributed by atoms with E-state index in [1.54, 1.807) is 6.08 Å². The van der Waals surface area contributed by atoms with Gasteiger partial charge in [0.15, 0.2) is 0 Å². The van der Waals surface area contributed by atoms with E-state index in [9.17, 15) is 4.79 Å². The van der Waals surface area contributed by atoms with Crippen LogP contribution in [0.15, 0.2) is 23.9 Å². The third-order valence-corrected chi connectivity index (χ3v) is 1.75. The van der Waals surface area contributed by atoms with Crippen LogP contribution in [0.25, 0.3) is 0 Å². The summed E-state index contributed by atoms with van der Waals surface area (Å²) < 4.78 is 5.10. The zero-order valence-corrected chi connectivity index (χ0v) is 7.33. The van der Waals surface area contributed by atoms with Gasteiger partial charge in [-0.3, -0.25) is 4.79 Å². The van der Waals surface area contributed by atoms with Crippen molar-refractivity contribution in [2.45, 2.75) is 25.9 Å². The summed E-state index contributed by atoms with van der Waals surface area (Å²) in [5.41, 5.74) is 5.74. The molecule has 0 aliphatic heterocycles. The molecule has 1 aliphatic rings. The van der Waals surface area contributed by atoms with Crippen LogP contribution in [-0.4, -0.2) is 11.6 Å². The number of carbonyl (C=O) groups excluding carboxylic acids is 1. The molecule has 1 aliphatic carbocycles. The Morgan fingerprint density at radius 2 is 2.42 bits per heavy atom. The van der Waals surface area contributed by atoms with Crippen LogP contribution >= 0.6 is 0 Å². The number of rotatable bonds is 1. The van der Waals surface area contributed by atoms with E-state index in [0.717, 1.165) is 5.70 Å². The van der Waals surface area contributed by atoms with Crippen LogP contribution in [0.4, 0.5) is 0 Å². The molecule has 3 heteroatoms. The van der Waals surface area contributed by atoms with Gasteiger partial charge in [-0.25, -0.2) is 0 Å². The average molecular weight is 167 g/mol. The third-order valence-electron chi connectivity index (χ3n) is 1.75. The Morgan fingerprint density at radius 3 is 2.83 bits per heavy atom. The zero-order chi connectivity index (χ0) is 9.19. The molecule has 12 heavy (non-hydrogen) atoms. The molecule has 0 bridgehead atoms. The molecule has 0 aromatic carbocycles. The summed E-state index contributed by atoms with van der Waals surface area (Å²) in [6.07, 6.45) is 6.06. The van der Waals surface area contributed by atoms with Gasteiger partial charge in [-0.15, -0.1) is 0 Å². The second kappa shape index (κ2) is 3.01. The van der Waals surface area contributed by atoms with Crippen LogP contribution in [0.1, 0.15) is 20.3 Å². The minimum absolute atomic E-state index is 0.268. The summed E-state index contributed by atoms with van der Waals surface area (Å²) in [6.45, 7) is 3.26. The van der Waals surface area contributed by atoms with E-state index in [4.69, 9.17) is 10.5 Å². The monoisotopic (exact) mass is 167 g/mol. The first-order valence-electron chi connectivity index (χ1n) is 3.86. The molecular formula is C9H13NO2. The Bertz CT molecular complexity index is 255. The second-order valence-electron chi connectivity index (χ2n) is 3.15. The van der Waals surface area contributed by atoms with Crippen molar-refractivity contribution in [3.05, 3.63) is 23.9 Å². The van der Waals surface area contributed by atoms with Gasteiger partial charge in [0, 0.05) is 19.0 Å². The van der Waals surface area contributed by atoms with Gasteiger partial charge in [0.25, 0.3) is 0 Å². The first kappa shape index (κ1) is 8.84. The third kappa shape index (κ3) is 2.12. The van der Waals surface area contributed by atoms with Gasteiger partial charge in [-0.1, -0.05) is 6.08 Å². The van der Waals surface area contributed by atoms with E-state index in [0.29, 0.717) is 6.42 Å². The van der Waals surface area contributed by atoms with Gasteiger partial charge in [0.05, 0.1) is 0 Å². The second-order valence-corrected chi connectivity index (χ2v) is 3.15. The average Bonchev–Trinajstić information content (AvgIpc) is 1.94. The Morgan fingerprint density at radius 1 is 1.75 bits per heavy atom. The fourth-order valence-electron chi connectivity index (χ4n) is 1.13. The molecule has 3 nitrogen and oxygen atoms in total. The standard InChI is InChI=1S/C9H13NO2/c1-7(11)12-9(2)5-3-8(10)4-6-9/h3-5H,6,10H2,1-2H3. The highest BCUT2D eigenvalue weighted by Crippen LogP contribution is 2.22. The van der Waals surface area contributed by atoms with Crippen LogP contribution in [0.2, 0.25) is 0 Å². The number of carbonyl (C=O) groups is 1. The summed E-state index contributed by atoms with van der Waals surface area (Å²) >= 11 is 0. The molecule has 1 unspecified atom stereocenters. The van der Waals surface area contributed by atoms with Gasteiger partial charge in [0.1, 0.15) is 5.60 Å². The van der Waals surface area contributed by atoms with E-state index >= 15 is 0 Å². The van der Waals surface area contributed by atoms with Gasteiger partial charge < -0.3 is 10.5 Å². The molecule has 0 amide bonds. The largest absolute Gasteiger partial charge is 0.455 e. The number of hydrogen-bond acceptors (Lipinski definition) is 3. The lowest BCUT2D eigenvalue weighted by molar-refractivity contribution is -0.150. The molecule has 0 spiro atoms. The Balaban J connectivity index is 2.65. The smallest absolute Gasteiger partial charge is 0.303 e. The fraction of sp³-hybridized carbons (Fsp3) is 0.444. The van der Waals surface area contributed by atoms with Crippen molar-refractivity contribution in [1.29, 1.82) is 0 Å². The number of ether oxygens (including phenoxy) is 1. The predicted octanol–water partition coefficient (Wildman–Crippen LogP) is 1.11. The van der Waals surface area contributed by atoms with Crippen LogP contribution in [0, 0.1) is 0 Å². The van der Waals surface area contributed by atoms with Crippen molar-refractivity contribution in [2.75, 3.05) is 0 Å². The lowest BCUT2D eigenvalue weighted by Gasteiger charge is -2.26. The normalized spacial score (nSPS) is 28.0.